The third-order valence-electron chi connectivity index (χ3n) is 3.24. The van der Waals surface area contributed by atoms with E-state index in [1.807, 2.05) is 24.3 Å². The Balaban J connectivity index is 1.65. The Morgan fingerprint density at radius 3 is 2.48 bits per heavy atom. The standard InChI is InChI=1S/C19H14FNOS/c20-16-6-8-17(9-7-16)21-19(22)11-10-18-12-15(13-23-18)14-4-2-1-3-5-14/h1-13H,(H,21,22)/b11-10+. The number of anilines is 1. The molecule has 1 heterocycles. The minimum Gasteiger partial charge on any atom is -0.323 e. The number of hydrogen-bond donors (Lipinski definition) is 1. The first-order valence-corrected chi connectivity index (χ1v) is 7.97. The third-order valence-corrected chi connectivity index (χ3v) is 4.14. The van der Waals surface area contributed by atoms with E-state index in [0.29, 0.717) is 5.69 Å². The van der Waals surface area contributed by atoms with Crippen LogP contribution in [0.3, 0.4) is 0 Å². The molecular weight excluding hydrogens is 309 g/mol. The summed E-state index contributed by atoms with van der Waals surface area (Å²) in [6, 6.07) is 17.8. The zero-order chi connectivity index (χ0) is 16.1. The Kier molecular flexibility index (Phi) is 4.64. The highest BCUT2D eigenvalue weighted by Crippen LogP contribution is 2.26. The largest absolute Gasteiger partial charge is 0.323 e. The van der Waals surface area contributed by atoms with Gasteiger partial charge in [-0.2, -0.15) is 0 Å². The van der Waals surface area contributed by atoms with Gasteiger partial charge in [0, 0.05) is 16.6 Å². The van der Waals surface area contributed by atoms with Crippen LogP contribution >= 0.6 is 11.3 Å². The number of carbonyl (C=O) groups is 1. The molecule has 23 heavy (non-hydrogen) atoms. The van der Waals surface area contributed by atoms with Gasteiger partial charge in [0.15, 0.2) is 0 Å². The maximum atomic E-state index is 12.8. The molecule has 1 amide bonds. The first-order chi connectivity index (χ1) is 11.2. The summed E-state index contributed by atoms with van der Waals surface area (Å²) in [4.78, 5) is 12.9. The Bertz CT molecular complexity index is 822. The van der Waals surface area contributed by atoms with Gasteiger partial charge in [-0.1, -0.05) is 30.3 Å². The van der Waals surface area contributed by atoms with E-state index in [9.17, 15) is 9.18 Å². The monoisotopic (exact) mass is 323 g/mol. The van der Waals surface area contributed by atoms with Gasteiger partial charge in [0.2, 0.25) is 5.91 Å². The molecule has 0 saturated heterocycles. The number of thiophene rings is 1. The van der Waals surface area contributed by atoms with Gasteiger partial charge in [-0.05, 0) is 52.9 Å². The molecule has 3 aromatic rings. The van der Waals surface area contributed by atoms with Crippen LogP contribution in [0, 0.1) is 5.82 Å². The lowest BCUT2D eigenvalue weighted by molar-refractivity contribution is -0.111. The van der Waals surface area contributed by atoms with Crippen LogP contribution in [0.25, 0.3) is 17.2 Å². The van der Waals surface area contributed by atoms with Crippen molar-refractivity contribution in [2.24, 2.45) is 0 Å². The Hall–Kier alpha value is -2.72. The summed E-state index contributed by atoms with van der Waals surface area (Å²) in [6.07, 6.45) is 3.25. The van der Waals surface area contributed by atoms with Gasteiger partial charge >= 0.3 is 0 Å². The lowest BCUT2D eigenvalue weighted by Crippen LogP contribution is -2.07. The molecule has 0 aliphatic carbocycles. The van der Waals surface area contributed by atoms with Crippen LogP contribution in [0.5, 0.6) is 0 Å². The van der Waals surface area contributed by atoms with E-state index < -0.39 is 0 Å². The van der Waals surface area contributed by atoms with Gasteiger partial charge < -0.3 is 5.32 Å². The van der Waals surface area contributed by atoms with E-state index >= 15 is 0 Å². The number of benzene rings is 2. The molecule has 0 saturated carbocycles. The van der Waals surface area contributed by atoms with Gasteiger partial charge in [-0.25, -0.2) is 4.39 Å². The van der Waals surface area contributed by atoms with Crippen molar-refractivity contribution < 1.29 is 9.18 Å². The quantitative estimate of drug-likeness (QED) is 0.656. The van der Waals surface area contributed by atoms with E-state index in [4.69, 9.17) is 0 Å². The summed E-state index contributed by atoms with van der Waals surface area (Å²) >= 11 is 1.58. The summed E-state index contributed by atoms with van der Waals surface area (Å²) in [5.74, 6) is -0.572. The second kappa shape index (κ2) is 7.03. The molecule has 0 unspecified atom stereocenters. The van der Waals surface area contributed by atoms with Crippen molar-refractivity contribution in [3.63, 3.8) is 0 Å². The molecule has 0 bridgehead atoms. The summed E-state index contributed by atoms with van der Waals surface area (Å²) in [5, 5.41) is 4.75. The summed E-state index contributed by atoms with van der Waals surface area (Å²) in [6.45, 7) is 0. The molecule has 0 radical (unpaired) electrons. The Labute approximate surface area is 137 Å². The summed E-state index contributed by atoms with van der Waals surface area (Å²) < 4.78 is 12.8. The first-order valence-electron chi connectivity index (χ1n) is 7.09. The highest BCUT2D eigenvalue weighted by molar-refractivity contribution is 7.11. The number of amides is 1. The van der Waals surface area contributed by atoms with Crippen LogP contribution < -0.4 is 5.32 Å². The van der Waals surface area contributed by atoms with Crippen LogP contribution in [-0.4, -0.2) is 5.91 Å². The van der Waals surface area contributed by atoms with Gasteiger partial charge in [0.1, 0.15) is 5.82 Å². The normalized spacial score (nSPS) is 10.8. The second-order valence-electron chi connectivity index (χ2n) is 4.93. The van der Waals surface area contributed by atoms with Crippen molar-refractivity contribution >= 4 is 29.0 Å². The third kappa shape index (κ3) is 4.14. The number of carbonyl (C=O) groups excluding carboxylic acids is 1. The highest BCUT2D eigenvalue weighted by Gasteiger charge is 2.01. The lowest BCUT2D eigenvalue weighted by Gasteiger charge is -2.00. The predicted molar refractivity (Wildman–Crippen MR) is 93.8 cm³/mol. The number of halogens is 1. The van der Waals surface area contributed by atoms with Crippen LogP contribution in [0.4, 0.5) is 10.1 Å². The van der Waals surface area contributed by atoms with Crippen LogP contribution in [-0.2, 0) is 4.79 Å². The molecule has 114 valence electrons. The van der Waals surface area contributed by atoms with Gasteiger partial charge in [-0.15, -0.1) is 11.3 Å². The number of nitrogens with one attached hydrogen (secondary N) is 1. The summed E-state index contributed by atoms with van der Waals surface area (Å²) in [7, 11) is 0. The molecule has 4 heteroatoms. The van der Waals surface area contributed by atoms with Crippen LogP contribution in [0.1, 0.15) is 4.88 Å². The lowest BCUT2D eigenvalue weighted by atomic mass is 10.1. The predicted octanol–water partition coefficient (Wildman–Crippen LogP) is 5.21. The number of hydrogen-bond acceptors (Lipinski definition) is 2. The smallest absolute Gasteiger partial charge is 0.248 e. The molecule has 0 fully saturated rings. The fourth-order valence-electron chi connectivity index (χ4n) is 2.10. The molecule has 0 spiro atoms. The fourth-order valence-corrected chi connectivity index (χ4v) is 2.91. The second-order valence-corrected chi connectivity index (χ2v) is 5.88. The molecule has 3 rings (SSSR count). The van der Waals surface area contributed by atoms with E-state index in [2.05, 4.69) is 22.8 Å². The fraction of sp³-hybridized carbons (Fsp3) is 0. The molecule has 1 aromatic heterocycles. The van der Waals surface area contributed by atoms with Crippen LogP contribution in [0.15, 0.2) is 72.1 Å². The van der Waals surface area contributed by atoms with E-state index in [1.54, 1.807) is 17.4 Å². The topological polar surface area (TPSA) is 29.1 Å². The van der Waals surface area contributed by atoms with Gasteiger partial charge in [0.05, 0.1) is 0 Å². The first kappa shape index (κ1) is 15.2. The SMILES string of the molecule is O=C(/C=C/c1cc(-c2ccccc2)cs1)Nc1ccc(F)cc1. The van der Waals surface area contributed by atoms with Gasteiger partial charge in [-0.3, -0.25) is 4.79 Å². The molecule has 0 atom stereocenters. The number of rotatable bonds is 4. The maximum absolute atomic E-state index is 12.8. The molecule has 1 N–H and O–H groups in total. The average Bonchev–Trinajstić information content (AvgIpc) is 3.05. The van der Waals surface area contributed by atoms with Crippen molar-refractivity contribution in [3.05, 3.63) is 82.8 Å². The Morgan fingerprint density at radius 2 is 1.74 bits per heavy atom. The van der Waals surface area contributed by atoms with Crippen molar-refractivity contribution in [1.29, 1.82) is 0 Å². The zero-order valence-electron chi connectivity index (χ0n) is 12.2. The molecule has 0 aliphatic rings. The zero-order valence-corrected chi connectivity index (χ0v) is 13.0. The highest BCUT2D eigenvalue weighted by atomic mass is 32.1. The maximum Gasteiger partial charge on any atom is 0.248 e. The van der Waals surface area contributed by atoms with E-state index in [1.165, 1.54) is 30.3 Å². The minimum absolute atomic E-state index is 0.244. The molecule has 2 aromatic carbocycles. The molecule has 2 nitrogen and oxygen atoms in total. The average molecular weight is 323 g/mol. The van der Waals surface area contributed by atoms with Crippen LogP contribution in [0.2, 0.25) is 0 Å². The van der Waals surface area contributed by atoms with E-state index in [0.717, 1.165) is 16.0 Å². The molecular formula is C19H14FNOS. The summed E-state index contributed by atoms with van der Waals surface area (Å²) in [5.41, 5.74) is 2.85. The Morgan fingerprint density at radius 1 is 1.00 bits per heavy atom. The van der Waals surface area contributed by atoms with Crippen molar-refractivity contribution in [1.82, 2.24) is 0 Å². The van der Waals surface area contributed by atoms with E-state index in [-0.39, 0.29) is 11.7 Å². The van der Waals surface area contributed by atoms with Crippen molar-refractivity contribution in [3.8, 4) is 11.1 Å². The van der Waals surface area contributed by atoms with Gasteiger partial charge in [0.25, 0.3) is 0 Å². The molecule has 0 aliphatic heterocycles. The van der Waals surface area contributed by atoms with Crippen molar-refractivity contribution in [2.45, 2.75) is 0 Å². The minimum atomic E-state index is -0.328. The van der Waals surface area contributed by atoms with Crippen molar-refractivity contribution in [2.75, 3.05) is 5.32 Å².